The van der Waals surface area contributed by atoms with Gasteiger partial charge in [-0.15, -0.1) is 0 Å². The van der Waals surface area contributed by atoms with E-state index in [-0.39, 0.29) is 12.0 Å². The second-order valence-corrected chi connectivity index (χ2v) is 6.66. The van der Waals surface area contributed by atoms with Gasteiger partial charge in [-0.1, -0.05) is 24.3 Å². The van der Waals surface area contributed by atoms with Crippen molar-refractivity contribution in [2.24, 2.45) is 0 Å². The molecule has 1 amide bonds. The van der Waals surface area contributed by atoms with Gasteiger partial charge in [-0.25, -0.2) is 0 Å². The molecule has 3 aromatic rings. The standard InChI is InChI=1S/C23H21N3O3/c1-15(27)18-5-7-19(8-6-18)16(2)29-22-11-20(13-25-14-22)23(28)26-21-9-3-17(12-24)4-10-21/h3-11,13-16,27H,1-2H3,(H,26,28)/t15?,16-/m1/s1. The lowest BCUT2D eigenvalue weighted by molar-refractivity contribution is 0.102. The van der Waals surface area contributed by atoms with Crippen LogP contribution >= 0.6 is 0 Å². The number of benzene rings is 2. The van der Waals surface area contributed by atoms with E-state index in [1.54, 1.807) is 43.5 Å². The van der Waals surface area contributed by atoms with Gasteiger partial charge in [0.2, 0.25) is 0 Å². The Labute approximate surface area is 169 Å². The minimum atomic E-state index is -0.518. The highest BCUT2D eigenvalue weighted by atomic mass is 16.5. The summed E-state index contributed by atoms with van der Waals surface area (Å²) < 4.78 is 5.93. The SMILES string of the molecule is CC(O)c1ccc([C@@H](C)Oc2cncc(C(=O)Nc3ccc(C#N)cc3)c2)cc1. The molecular weight excluding hydrogens is 366 g/mol. The van der Waals surface area contributed by atoms with Crippen molar-refractivity contribution in [3.8, 4) is 11.8 Å². The van der Waals surface area contributed by atoms with Gasteiger partial charge in [0, 0.05) is 11.9 Å². The van der Waals surface area contributed by atoms with Gasteiger partial charge in [0.05, 0.1) is 29.5 Å². The third kappa shape index (κ3) is 5.18. The molecule has 1 heterocycles. The van der Waals surface area contributed by atoms with Gasteiger partial charge in [-0.3, -0.25) is 9.78 Å². The highest BCUT2D eigenvalue weighted by Gasteiger charge is 2.12. The summed E-state index contributed by atoms with van der Waals surface area (Å²) in [5.41, 5.74) is 3.26. The molecule has 2 atom stereocenters. The molecule has 0 aliphatic rings. The lowest BCUT2D eigenvalue weighted by Crippen LogP contribution is -2.12. The Morgan fingerprint density at radius 2 is 1.72 bits per heavy atom. The van der Waals surface area contributed by atoms with Crippen LogP contribution in [-0.2, 0) is 0 Å². The molecule has 0 fully saturated rings. The van der Waals surface area contributed by atoms with Crippen LogP contribution in [0.1, 0.15) is 53.1 Å². The molecule has 6 nitrogen and oxygen atoms in total. The summed E-state index contributed by atoms with van der Waals surface area (Å²) in [5.74, 6) is 0.158. The van der Waals surface area contributed by atoms with Crippen molar-refractivity contribution in [2.75, 3.05) is 5.32 Å². The van der Waals surface area contributed by atoms with E-state index in [0.29, 0.717) is 22.6 Å². The molecule has 0 spiro atoms. The van der Waals surface area contributed by atoms with Crippen LogP contribution in [0.2, 0.25) is 0 Å². The first-order chi connectivity index (χ1) is 14.0. The molecular formula is C23H21N3O3. The number of ether oxygens (including phenoxy) is 1. The maximum atomic E-state index is 12.5. The number of carbonyl (C=O) groups is 1. The number of rotatable bonds is 6. The monoisotopic (exact) mass is 387 g/mol. The number of hydrogen-bond acceptors (Lipinski definition) is 5. The maximum Gasteiger partial charge on any atom is 0.257 e. The van der Waals surface area contributed by atoms with Crippen molar-refractivity contribution >= 4 is 11.6 Å². The fourth-order valence-corrected chi connectivity index (χ4v) is 2.76. The third-order valence-corrected chi connectivity index (χ3v) is 4.45. The summed E-state index contributed by atoms with van der Waals surface area (Å²) in [6.45, 7) is 3.62. The number of nitrogens with zero attached hydrogens (tertiary/aromatic N) is 2. The van der Waals surface area contributed by atoms with Gasteiger partial charge in [0.15, 0.2) is 0 Å². The van der Waals surface area contributed by atoms with E-state index in [1.807, 2.05) is 37.3 Å². The summed E-state index contributed by atoms with van der Waals surface area (Å²) in [4.78, 5) is 16.6. The molecule has 0 bridgehead atoms. The number of carbonyl (C=O) groups excluding carboxylic acids is 1. The van der Waals surface area contributed by atoms with E-state index in [2.05, 4.69) is 10.3 Å². The van der Waals surface area contributed by atoms with Crippen LogP contribution in [0.5, 0.6) is 5.75 Å². The lowest BCUT2D eigenvalue weighted by atomic mass is 10.1. The van der Waals surface area contributed by atoms with Gasteiger partial charge < -0.3 is 15.2 Å². The Bertz CT molecular complexity index is 1020. The first-order valence-electron chi connectivity index (χ1n) is 9.17. The molecule has 2 N–H and O–H groups in total. The van der Waals surface area contributed by atoms with E-state index < -0.39 is 6.10 Å². The minimum absolute atomic E-state index is 0.253. The Balaban J connectivity index is 1.68. The number of amides is 1. The lowest BCUT2D eigenvalue weighted by Gasteiger charge is -2.16. The molecule has 0 radical (unpaired) electrons. The molecule has 0 saturated heterocycles. The molecule has 0 saturated carbocycles. The molecule has 0 aliphatic heterocycles. The molecule has 1 unspecified atom stereocenters. The van der Waals surface area contributed by atoms with Crippen molar-refractivity contribution in [3.05, 3.63) is 89.2 Å². The summed E-state index contributed by atoms with van der Waals surface area (Å²) in [6.07, 6.45) is 2.25. The summed E-state index contributed by atoms with van der Waals surface area (Å²) in [5, 5.41) is 21.2. The van der Waals surface area contributed by atoms with Gasteiger partial charge in [-0.05, 0) is 55.3 Å². The topological polar surface area (TPSA) is 95.2 Å². The van der Waals surface area contributed by atoms with Crippen molar-refractivity contribution in [2.45, 2.75) is 26.1 Å². The van der Waals surface area contributed by atoms with Crippen LogP contribution in [0.4, 0.5) is 5.69 Å². The number of nitriles is 1. The average molecular weight is 387 g/mol. The third-order valence-electron chi connectivity index (χ3n) is 4.45. The summed E-state index contributed by atoms with van der Waals surface area (Å²) in [6, 6.07) is 17.8. The van der Waals surface area contributed by atoms with Gasteiger partial charge in [-0.2, -0.15) is 5.26 Å². The second-order valence-electron chi connectivity index (χ2n) is 6.66. The highest BCUT2D eigenvalue weighted by Crippen LogP contribution is 2.23. The zero-order valence-corrected chi connectivity index (χ0v) is 16.2. The zero-order chi connectivity index (χ0) is 20.8. The van der Waals surface area contributed by atoms with Crippen LogP contribution in [0.15, 0.2) is 67.0 Å². The maximum absolute atomic E-state index is 12.5. The fraction of sp³-hybridized carbons (Fsp3) is 0.174. The van der Waals surface area contributed by atoms with Crippen LogP contribution in [0.25, 0.3) is 0 Å². The van der Waals surface area contributed by atoms with E-state index in [9.17, 15) is 9.90 Å². The number of aliphatic hydroxyl groups is 1. The molecule has 6 heteroatoms. The first-order valence-corrected chi connectivity index (χ1v) is 9.17. The molecule has 2 aromatic carbocycles. The average Bonchev–Trinajstić information content (AvgIpc) is 2.74. The van der Waals surface area contributed by atoms with Crippen molar-refractivity contribution in [3.63, 3.8) is 0 Å². The number of anilines is 1. The number of aliphatic hydroxyl groups excluding tert-OH is 1. The smallest absolute Gasteiger partial charge is 0.257 e. The van der Waals surface area contributed by atoms with Crippen LogP contribution in [-0.4, -0.2) is 16.0 Å². The quantitative estimate of drug-likeness (QED) is 0.654. The number of hydrogen-bond donors (Lipinski definition) is 2. The van der Waals surface area contributed by atoms with Gasteiger partial charge >= 0.3 is 0 Å². The molecule has 3 rings (SSSR count). The van der Waals surface area contributed by atoms with Crippen LogP contribution in [0.3, 0.4) is 0 Å². The Morgan fingerprint density at radius 1 is 1.07 bits per heavy atom. The van der Waals surface area contributed by atoms with Gasteiger partial charge in [0.25, 0.3) is 5.91 Å². The van der Waals surface area contributed by atoms with E-state index in [1.165, 1.54) is 6.20 Å². The van der Waals surface area contributed by atoms with Crippen molar-refractivity contribution < 1.29 is 14.6 Å². The first kappa shape index (κ1) is 20.1. The Morgan fingerprint density at radius 3 is 2.34 bits per heavy atom. The number of pyridine rings is 1. The predicted molar refractivity (Wildman–Crippen MR) is 109 cm³/mol. The summed E-state index contributed by atoms with van der Waals surface area (Å²) >= 11 is 0. The predicted octanol–water partition coefficient (Wildman–Crippen LogP) is 4.40. The second kappa shape index (κ2) is 9.00. The van der Waals surface area contributed by atoms with E-state index >= 15 is 0 Å². The van der Waals surface area contributed by atoms with Crippen LogP contribution in [0, 0.1) is 11.3 Å². The zero-order valence-electron chi connectivity index (χ0n) is 16.2. The largest absolute Gasteiger partial charge is 0.484 e. The van der Waals surface area contributed by atoms with Crippen molar-refractivity contribution in [1.29, 1.82) is 5.26 Å². The normalized spacial score (nSPS) is 12.5. The fourth-order valence-electron chi connectivity index (χ4n) is 2.76. The molecule has 1 aromatic heterocycles. The van der Waals surface area contributed by atoms with Crippen molar-refractivity contribution in [1.82, 2.24) is 4.98 Å². The molecule has 146 valence electrons. The van der Waals surface area contributed by atoms with Gasteiger partial charge in [0.1, 0.15) is 11.9 Å². The number of aromatic nitrogens is 1. The Hall–Kier alpha value is -3.69. The van der Waals surface area contributed by atoms with E-state index in [4.69, 9.17) is 10.00 Å². The Kier molecular flexibility index (Phi) is 6.22. The highest BCUT2D eigenvalue weighted by molar-refractivity contribution is 6.04. The summed E-state index contributed by atoms with van der Waals surface area (Å²) in [7, 11) is 0. The minimum Gasteiger partial charge on any atom is -0.484 e. The van der Waals surface area contributed by atoms with E-state index in [0.717, 1.165) is 11.1 Å². The van der Waals surface area contributed by atoms with Crippen LogP contribution < -0.4 is 10.1 Å². The molecule has 29 heavy (non-hydrogen) atoms. The molecule has 0 aliphatic carbocycles. The number of nitrogens with one attached hydrogen (secondary N) is 1.